The first-order valence-electron chi connectivity index (χ1n) is 12.3. The van der Waals surface area contributed by atoms with Crippen LogP contribution in [-0.2, 0) is 38.1 Å². The molecule has 0 unspecified atom stereocenters. The molecule has 198 valence electrons. The van der Waals surface area contributed by atoms with Gasteiger partial charge >= 0.3 is 5.97 Å². The summed E-state index contributed by atoms with van der Waals surface area (Å²) in [5.41, 5.74) is 1.22. The van der Waals surface area contributed by atoms with Gasteiger partial charge in [0.15, 0.2) is 30.8 Å². The molecular weight excluding hydrogens is 496 g/mol. The van der Waals surface area contributed by atoms with Gasteiger partial charge in [-0.3, -0.25) is 19.4 Å². The Bertz CT molecular complexity index is 1240. The fraction of sp³-hybridized carbons (Fsp3) is 0.423. The topological polar surface area (TPSA) is 129 Å². The summed E-state index contributed by atoms with van der Waals surface area (Å²) in [7, 11) is 1.42. The van der Waals surface area contributed by atoms with E-state index in [4.69, 9.17) is 23.7 Å². The molecule has 0 saturated carbocycles. The van der Waals surface area contributed by atoms with E-state index < -0.39 is 66.8 Å². The number of hydrogen-bond donors (Lipinski definition) is 0. The van der Waals surface area contributed by atoms with E-state index >= 15 is 0 Å². The van der Waals surface area contributed by atoms with E-state index in [1.54, 1.807) is 30.3 Å². The first kappa shape index (κ1) is 24.6. The summed E-state index contributed by atoms with van der Waals surface area (Å²) >= 11 is 0. The average Bonchev–Trinajstić information content (AvgIpc) is 3.47. The van der Waals surface area contributed by atoms with Crippen LogP contribution in [0.15, 0.2) is 71.0 Å². The van der Waals surface area contributed by atoms with E-state index in [1.807, 2.05) is 30.3 Å². The highest BCUT2D eigenvalue weighted by atomic mass is 16.8. The molecule has 0 radical (unpaired) electrons. The first-order chi connectivity index (χ1) is 18.5. The Labute approximate surface area is 218 Å². The normalized spacial score (nSPS) is 34.3. The highest BCUT2D eigenvalue weighted by Crippen LogP contribution is 2.41. The Morgan fingerprint density at radius 2 is 1.71 bits per heavy atom. The number of esters is 1. The molecule has 0 bridgehead atoms. The van der Waals surface area contributed by atoms with Gasteiger partial charge in [0.05, 0.1) is 12.3 Å². The number of para-hydroxylation sites is 1. The zero-order valence-corrected chi connectivity index (χ0v) is 20.7. The molecule has 12 heteroatoms. The van der Waals surface area contributed by atoms with Crippen LogP contribution in [0.25, 0.3) is 0 Å². The second kappa shape index (κ2) is 9.87. The number of benzene rings is 2. The van der Waals surface area contributed by atoms with Crippen molar-refractivity contribution in [2.24, 2.45) is 10.3 Å². The van der Waals surface area contributed by atoms with Crippen molar-refractivity contribution in [2.45, 2.75) is 55.9 Å². The molecule has 12 nitrogen and oxygen atoms in total. The average molecular weight is 523 g/mol. The number of anilines is 1. The lowest BCUT2D eigenvalue weighted by molar-refractivity contribution is -0.351. The third-order valence-electron chi connectivity index (χ3n) is 7.05. The van der Waals surface area contributed by atoms with Crippen LogP contribution in [0.1, 0.15) is 18.8 Å². The lowest BCUT2D eigenvalue weighted by atomic mass is 9.92. The largest absolute Gasteiger partial charge is 0.455 e. The molecule has 3 fully saturated rings. The summed E-state index contributed by atoms with van der Waals surface area (Å²) in [6, 6.07) is 15.0. The number of imide groups is 1. The molecule has 4 aliphatic heterocycles. The van der Waals surface area contributed by atoms with Crippen molar-refractivity contribution < 1.29 is 38.1 Å². The minimum Gasteiger partial charge on any atom is -0.455 e. The number of hydrogen-bond acceptors (Lipinski definition) is 11. The van der Waals surface area contributed by atoms with Crippen LogP contribution < -0.4 is 4.90 Å². The van der Waals surface area contributed by atoms with E-state index in [9.17, 15) is 14.4 Å². The Morgan fingerprint density at radius 3 is 2.39 bits per heavy atom. The second-order valence-electron chi connectivity index (χ2n) is 9.34. The molecule has 2 aromatic carbocycles. The molecule has 2 aromatic rings. The molecule has 4 aliphatic rings. The summed E-state index contributed by atoms with van der Waals surface area (Å²) in [6.45, 7) is 1.42. The SMILES string of the molecule is CO[C@H]1O[C@@H]2CO[C@@H](c3ccccc3)O[C@H]2[C@@H](N2N=N[C@@H]3C(=O)N(c4ccccc4)C(=O)[C@@H]32)[C@@H]1OC(C)=O. The van der Waals surface area contributed by atoms with Crippen LogP contribution in [-0.4, -0.2) is 79.2 Å². The maximum atomic E-state index is 13.7. The van der Waals surface area contributed by atoms with Gasteiger partial charge < -0.3 is 23.7 Å². The van der Waals surface area contributed by atoms with Crippen LogP contribution in [0, 0.1) is 0 Å². The van der Waals surface area contributed by atoms with Crippen molar-refractivity contribution in [3.05, 3.63) is 66.2 Å². The number of amides is 2. The van der Waals surface area contributed by atoms with E-state index in [-0.39, 0.29) is 6.61 Å². The maximum absolute atomic E-state index is 13.7. The van der Waals surface area contributed by atoms with Crippen molar-refractivity contribution in [3.8, 4) is 0 Å². The summed E-state index contributed by atoms with van der Waals surface area (Å²) in [6.07, 6.45) is -4.19. The molecule has 38 heavy (non-hydrogen) atoms. The number of nitrogens with zero attached hydrogens (tertiary/aromatic N) is 4. The predicted octanol–water partition coefficient (Wildman–Crippen LogP) is 1.77. The zero-order chi connectivity index (χ0) is 26.4. The predicted molar refractivity (Wildman–Crippen MR) is 128 cm³/mol. The van der Waals surface area contributed by atoms with E-state index in [0.717, 1.165) is 10.5 Å². The molecule has 0 spiro atoms. The lowest BCUT2D eigenvalue weighted by Crippen LogP contribution is -2.68. The Balaban J connectivity index is 1.37. The number of carbonyl (C=O) groups excluding carboxylic acids is 3. The van der Waals surface area contributed by atoms with Crippen molar-refractivity contribution in [2.75, 3.05) is 18.6 Å². The highest BCUT2D eigenvalue weighted by Gasteiger charge is 2.62. The molecule has 0 aliphatic carbocycles. The van der Waals surface area contributed by atoms with Gasteiger partial charge in [-0.05, 0) is 12.1 Å². The monoisotopic (exact) mass is 522 g/mol. The Hall–Kier alpha value is -3.71. The van der Waals surface area contributed by atoms with Crippen molar-refractivity contribution in [3.63, 3.8) is 0 Å². The van der Waals surface area contributed by atoms with Crippen LogP contribution in [0.3, 0.4) is 0 Å². The Kier molecular flexibility index (Phi) is 6.40. The summed E-state index contributed by atoms with van der Waals surface area (Å²) in [4.78, 5) is 40.2. The van der Waals surface area contributed by atoms with E-state index in [2.05, 4.69) is 10.3 Å². The molecule has 6 rings (SSSR count). The summed E-state index contributed by atoms with van der Waals surface area (Å²) in [5.74, 6) is -1.55. The van der Waals surface area contributed by atoms with Gasteiger partial charge in [0.25, 0.3) is 11.8 Å². The molecule has 4 heterocycles. The third-order valence-corrected chi connectivity index (χ3v) is 7.05. The van der Waals surface area contributed by atoms with Crippen molar-refractivity contribution in [1.82, 2.24) is 5.01 Å². The van der Waals surface area contributed by atoms with Gasteiger partial charge in [0, 0.05) is 19.6 Å². The minimum atomic E-state index is -1.05. The second-order valence-corrected chi connectivity index (χ2v) is 9.34. The minimum absolute atomic E-state index is 0.148. The number of rotatable bonds is 5. The van der Waals surface area contributed by atoms with Gasteiger partial charge in [-0.25, -0.2) is 4.90 Å². The smallest absolute Gasteiger partial charge is 0.303 e. The zero-order valence-electron chi connectivity index (χ0n) is 20.7. The van der Waals surface area contributed by atoms with Gasteiger partial charge in [0.2, 0.25) is 0 Å². The standard InChI is InChI=1S/C26H26N4O8/c1-14(31)36-22-20(21-17(37-26(22)34-2)13-35-25(38-21)15-9-5-3-6-10-15)30-19-18(27-28-30)23(32)29(24(19)33)16-11-7-4-8-12-16/h3-12,17-22,25-26H,13H2,1-2H3/t17-,18+,19-,20-,21-,22+,25-,26+/m1/s1. The van der Waals surface area contributed by atoms with Gasteiger partial charge in [-0.1, -0.05) is 53.8 Å². The number of fused-ring (bicyclic) bond motifs is 2. The molecular formula is C26H26N4O8. The van der Waals surface area contributed by atoms with Gasteiger partial charge in [-0.15, -0.1) is 0 Å². The summed E-state index contributed by atoms with van der Waals surface area (Å²) in [5, 5.41) is 9.84. The van der Waals surface area contributed by atoms with Gasteiger partial charge in [-0.2, -0.15) is 5.11 Å². The fourth-order valence-corrected chi connectivity index (χ4v) is 5.42. The van der Waals surface area contributed by atoms with Crippen LogP contribution in [0.4, 0.5) is 5.69 Å². The van der Waals surface area contributed by atoms with Crippen molar-refractivity contribution >= 4 is 23.5 Å². The summed E-state index contributed by atoms with van der Waals surface area (Å²) < 4.78 is 29.6. The third kappa shape index (κ3) is 4.06. The molecule has 3 saturated heterocycles. The Morgan fingerprint density at radius 1 is 1.00 bits per heavy atom. The fourth-order valence-electron chi connectivity index (χ4n) is 5.42. The van der Waals surface area contributed by atoms with Gasteiger partial charge in [0.1, 0.15) is 18.2 Å². The van der Waals surface area contributed by atoms with Crippen LogP contribution in [0.2, 0.25) is 0 Å². The van der Waals surface area contributed by atoms with Crippen molar-refractivity contribution in [1.29, 1.82) is 0 Å². The number of ether oxygens (including phenoxy) is 5. The maximum Gasteiger partial charge on any atom is 0.303 e. The van der Waals surface area contributed by atoms with E-state index in [0.29, 0.717) is 5.69 Å². The quantitative estimate of drug-likeness (QED) is 0.426. The van der Waals surface area contributed by atoms with Crippen LogP contribution >= 0.6 is 0 Å². The molecule has 0 aromatic heterocycles. The van der Waals surface area contributed by atoms with E-state index in [1.165, 1.54) is 19.0 Å². The molecule has 8 atom stereocenters. The highest BCUT2D eigenvalue weighted by molar-refractivity contribution is 6.25. The number of methoxy groups -OCH3 is 1. The lowest BCUT2D eigenvalue weighted by Gasteiger charge is -2.50. The van der Waals surface area contributed by atoms with Crippen LogP contribution in [0.5, 0.6) is 0 Å². The first-order valence-corrected chi connectivity index (χ1v) is 12.3. The molecule has 0 N–H and O–H groups in total. The molecule has 2 amide bonds. The number of carbonyl (C=O) groups is 3.